The summed E-state index contributed by atoms with van der Waals surface area (Å²) in [5, 5.41) is 3.76. The normalized spacial score (nSPS) is 13.6. The fourth-order valence-electron chi connectivity index (χ4n) is 4.45. The van der Waals surface area contributed by atoms with Crippen LogP contribution in [0.5, 0.6) is 11.5 Å². The van der Waals surface area contributed by atoms with E-state index in [2.05, 4.69) is 10.3 Å². The van der Waals surface area contributed by atoms with E-state index >= 15 is 0 Å². The fraction of sp³-hybridized carbons (Fsp3) is 0.400. The highest BCUT2D eigenvalue weighted by Crippen LogP contribution is 2.31. The molecule has 0 aliphatic heterocycles. The molecule has 0 fully saturated rings. The van der Waals surface area contributed by atoms with Gasteiger partial charge in [-0.05, 0) is 73.6 Å². The van der Waals surface area contributed by atoms with Gasteiger partial charge in [0.15, 0.2) is 11.5 Å². The molecule has 0 saturated carbocycles. The number of sulfonamides is 1. The number of carbonyl (C=O) groups excluding carboxylic acids is 1. The topological polar surface area (TPSA) is 101 Å². The van der Waals surface area contributed by atoms with Gasteiger partial charge in [0.2, 0.25) is 15.9 Å². The van der Waals surface area contributed by atoms with Crippen molar-refractivity contribution in [1.29, 1.82) is 0 Å². The lowest BCUT2D eigenvalue weighted by Gasteiger charge is -2.17. The van der Waals surface area contributed by atoms with Gasteiger partial charge in [-0.25, -0.2) is 8.42 Å². The summed E-state index contributed by atoms with van der Waals surface area (Å²) in [6, 6.07) is 10.7. The number of likely N-dealkylation sites (N-methyl/N-ethyl adjacent to an activating group) is 1. The van der Waals surface area contributed by atoms with Crippen molar-refractivity contribution >= 4 is 26.8 Å². The summed E-state index contributed by atoms with van der Waals surface area (Å²) in [5.74, 6) is 0.907. The van der Waals surface area contributed by atoms with Gasteiger partial charge >= 0.3 is 0 Å². The van der Waals surface area contributed by atoms with Crippen molar-refractivity contribution in [1.82, 2.24) is 14.6 Å². The molecule has 3 aromatic rings. The zero-order valence-corrected chi connectivity index (χ0v) is 20.6. The summed E-state index contributed by atoms with van der Waals surface area (Å²) in [7, 11) is 0.782. The molecule has 0 spiro atoms. The molecule has 1 aliphatic rings. The van der Waals surface area contributed by atoms with Crippen LogP contribution in [0, 0.1) is 0 Å². The third kappa shape index (κ3) is 4.90. The third-order valence-electron chi connectivity index (χ3n) is 6.33. The number of aromatic amines is 1. The number of aromatic nitrogens is 1. The van der Waals surface area contributed by atoms with Crippen LogP contribution in [-0.2, 0) is 34.1 Å². The summed E-state index contributed by atoms with van der Waals surface area (Å²) in [4.78, 5) is 16.1. The minimum absolute atomic E-state index is 0.202. The van der Waals surface area contributed by atoms with Gasteiger partial charge in [-0.1, -0.05) is 6.07 Å². The molecule has 9 heteroatoms. The van der Waals surface area contributed by atoms with Crippen LogP contribution in [0.3, 0.4) is 0 Å². The third-order valence-corrected chi connectivity index (χ3v) is 8.13. The molecule has 1 aromatic heterocycles. The Morgan fingerprint density at radius 1 is 1.06 bits per heavy atom. The zero-order chi connectivity index (χ0) is 24.3. The van der Waals surface area contributed by atoms with Crippen molar-refractivity contribution in [2.45, 2.75) is 37.0 Å². The van der Waals surface area contributed by atoms with E-state index in [1.807, 2.05) is 24.3 Å². The lowest BCUT2D eigenvalue weighted by molar-refractivity contribution is -0.121. The summed E-state index contributed by atoms with van der Waals surface area (Å²) in [6.45, 7) is 0.126. The van der Waals surface area contributed by atoms with Crippen LogP contribution in [-0.4, -0.2) is 58.0 Å². The van der Waals surface area contributed by atoms with E-state index in [9.17, 15) is 13.2 Å². The van der Waals surface area contributed by atoms with Gasteiger partial charge in [-0.3, -0.25) is 4.79 Å². The Balaban J connectivity index is 1.38. The van der Waals surface area contributed by atoms with Gasteiger partial charge in [-0.2, -0.15) is 4.31 Å². The maximum Gasteiger partial charge on any atom is 0.243 e. The first-order valence-corrected chi connectivity index (χ1v) is 12.8. The number of amides is 1. The van der Waals surface area contributed by atoms with Gasteiger partial charge in [-0.15, -0.1) is 0 Å². The lowest BCUT2D eigenvalue weighted by Crippen LogP contribution is -2.39. The summed E-state index contributed by atoms with van der Waals surface area (Å²) in [5.41, 5.74) is 4.36. The molecule has 0 atom stereocenters. The van der Waals surface area contributed by atoms with Crippen molar-refractivity contribution < 1.29 is 22.7 Å². The number of nitrogens with zero attached hydrogens (tertiary/aromatic N) is 1. The van der Waals surface area contributed by atoms with Crippen molar-refractivity contribution in [3.8, 4) is 11.5 Å². The minimum atomic E-state index is -3.80. The molecule has 4 rings (SSSR count). The number of rotatable bonds is 9. The Bertz CT molecular complexity index is 1300. The molecule has 0 radical (unpaired) electrons. The van der Waals surface area contributed by atoms with Gasteiger partial charge < -0.3 is 19.8 Å². The number of ether oxygens (including phenoxy) is 2. The van der Waals surface area contributed by atoms with Gasteiger partial charge in [0.05, 0.1) is 25.7 Å². The smallest absolute Gasteiger partial charge is 0.243 e. The van der Waals surface area contributed by atoms with Crippen molar-refractivity contribution in [2.75, 3.05) is 34.4 Å². The second-order valence-electron chi connectivity index (χ2n) is 8.55. The van der Waals surface area contributed by atoms with Crippen LogP contribution in [0.2, 0.25) is 0 Å². The van der Waals surface area contributed by atoms with E-state index in [-0.39, 0.29) is 17.3 Å². The van der Waals surface area contributed by atoms with Crippen LogP contribution >= 0.6 is 0 Å². The number of hydrogen-bond acceptors (Lipinski definition) is 5. The van der Waals surface area contributed by atoms with Crippen molar-refractivity contribution in [3.63, 3.8) is 0 Å². The molecular weight excluding hydrogens is 454 g/mol. The molecule has 2 aromatic carbocycles. The first kappa shape index (κ1) is 24.1. The Morgan fingerprint density at radius 3 is 2.59 bits per heavy atom. The van der Waals surface area contributed by atoms with Gasteiger partial charge in [0.1, 0.15) is 0 Å². The maximum atomic E-state index is 13.1. The molecule has 1 amide bonds. The average molecular weight is 486 g/mol. The number of benzene rings is 2. The van der Waals surface area contributed by atoms with Crippen LogP contribution in [0.15, 0.2) is 41.3 Å². The lowest BCUT2D eigenvalue weighted by atomic mass is 9.96. The maximum absolute atomic E-state index is 13.1. The minimum Gasteiger partial charge on any atom is -0.493 e. The molecule has 2 N–H and O–H groups in total. The summed E-state index contributed by atoms with van der Waals surface area (Å²) < 4.78 is 37.9. The summed E-state index contributed by atoms with van der Waals surface area (Å²) >= 11 is 0. The molecule has 8 nitrogen and oxygen atoms in total. The number of nitrogens with one attached hydrogen (secondary N) is 2. The van der Waals surface area contributed by atoms with Crippen LogP contribution in [0.25, 0.3) is 10.9 Å². The largest absolute Gasteiger partial charge is 0.493 e. The number of carbonyl (C=O) groups is 1. The number of methoxy groups -OCH3 is 2. The quantitative estimate of drug-likeness (QED) is 0.485. The Kier molecular flexibility index (Phi) is 7.13. The summed E-state index contributed by atoms with van der Waals surface area (Å²) in [6.07, 6.45) is 4.79. The molecular formula is C25H31N3O5S. The van der Waals surface area contributed by atoms with E-state index in [1.54, 1.807) is 26.4 Å². The first-order chi connectivity index (χ1) is 16.3. The second-order valence-corrected chi connectivity index (χ2v) is 10.6. The Labute approximate surface area is 200 Å². The molecule has 0 saturated heterocycles. The molecule has 182 valence electrons. The monoisotopic (exact) mass is 485 g/mol. The van der Waals surface area contributed by atoms with Crippen LogP contribution in [0.1, 0.15) is 29.7 Å². The number of aryl methyl sites for hydroxylation is 2. The highest BCUT2D eigenvalue weighted by molar-refractivity contribution is 7.89. The predicted octanol–water partition coefficient (Wildman–Crippen LogP) is 3.04. The molecule has 0 bridgehead atoms. The van der Waals surface area contributed by atoms with Crippen molar-refractivity contribution in [3.05, 3.63) is 53.2 Å². The zero-order valence-electron chi connectivity index (χ0n) is 19.8. The molecule has 1 aliphatic carbocycles. The van der Waals surface area contributed by atoms with Crippen molar-refractivity contribution in [2.24, 2.45) is 0 Å². The Hall–Kier alpha value is -3.04. The molecule has 1 heterocycles. The molecule has 0 unspecified atom stereocenters. The van der Waals surface area contributed by atoms with E-state index in [0.29, 0.717) is 24.5 Å². The highest BCUT2D eigenvalue weighted by Gasteiger charge is 2.25. The van der Waals surface area contributed by atoms with E-state index < -0.39 is 10.0 Å². The fourth-order valence-corrected chi connectivity index (χ4v) is 5.60. The average Bonchev–Trinajstić information content (AvgIpc) is 3.21. The van der Waals surface area contributed by atoms with E-state index in [1.165, 1.54) is 18.3 Å². The SMILES string of the molecule is COc1ccc(CCNC(=O)CN(C)S(=O)(=O)c2ccc3[nH]c4c(c3c2)CCCC4)cc1OC. The first-order valence-electron chi connectivity index (χ1n) is 11.4. The van der Waals surface area contributed by atoms with E-state index in [0.717, 1.165) is 46.5 Å². The van der Waals surface area contributed by atoms with E-state index in [4.69, 9.17) is 9.47 Å². The number of H-pyrrole nitrogens is 1. The van der Waals surface area contributed by atoms with Gasteiger partial charge in [0.25, 0.3) is 0 Å². The van der Waals surface area contributed by atoms with Crippen LogP contribution < -0.4 is 14.8 Å². The predicted molar refractivity (Wildman–Crippen MR) is 131 cm³/mol. The van der Waals surface area contributed by atoms with Crippen LogP contribution in [0.4, 0.5) is 0 Å². The Morgan fingerprint density at radius 2 is 1.82 bits per heavy atom. The number of hydrogen-bond donors (Lipinski definition) is 2. The second kappa shape index (κ2) is 10.1. The number of fused-ring (bicyclic) bond motifs is 3. The molecule has 34 heavy (non-hydrogen) atoms. The standard InChI is InChI=1S/C25H31N3O5S/c1-28(16-25(29)26-13-12-17-8-11-23(32-2)24(14-17)33-3)34(30,31)18-9-10-22-20(15-18)19-6-4-5-7-21(19)27-22/h8-11,14-15,27H,4-7,12-13,16H2,1-3H3,(H,26,29). The van der Waals surface area contributed by atoms with Gasteiger partial charge in [0, 0.05) is 30.2 Å². The highest BCUT2D eigenvalue weighted by atomic mass is 32.2.